The van der Waals surface area contributed by atoms with Gasteiger partial charge in [-0.1, -0.05) is 20.8 Å². The second-order valence-corrected chi connectivity index (χ2v) is 22.0. The van der Waals surface area contributed by atoms with E-state index in [0.717, 1.165) is 13.0 Å². The number of hydrogen-bond acceptors (Lipinski definition) is 12. The maximum atomic E-state index is 7.11. The zero-order chi connectivity index (χ0) is 27.9. The number of rotatable bonds is 15. The first kappa shape index (κ1) is 32.9. The molecule has 5 N–H and O–H groups in total. The summed E-state index contributed by atoms with van der Waals surface area (Å²) >= 11 is 0. The highest BCUT2D eigenvalue weighted by Gasteiger charge is 2.70. The SMILES string of the molecule is CCC1O[Si](CC)(OC)O[Si]2(CCCN)OC1C1O[Si](CCCN)(O[Si](CCCNC)(OC)OC1CC)O2. The lowest BCUT2D eigenvalue weighted by Crippen LogP contribution is -2.65. The van der Waals surface area contributed by atoms with E-state index in [1.54, 1.807) is 14.2 Å². The van der Waals surface area contributed by atoms with Gasteiger partial charge in [0.2, 0.25) is 0 Å². The quantitative estimate of drug-likeness (QED) is 0.183. The molecule has 38 heavy (non-hydrogen) atoms. The molecule has 3 aliphatic rings. The molecule has 0 aromatic rings. The summed E-state index contributed by atoms with van der Waals surface area (Å²) < 4.78 is 60.8. The molecule has 0 aliphatic carbocycles. The normalized spacial score (nSPS) is 41.4. The molecule has 3 heterocycles. The Labute approximate surface area is 233 Å². The Morgan fingerprint density at radius 1 is 0.684 bits per heavy atom. The maximum absolute atomic E-state index is 7.11. The van der Waals surface area contributed by atoms with Gasteiger partial charge in [-0.05, 0) is 58.8 Å². The summed E-state index contributed by atoms with van der Waals surface area (Å²) in [5.41, 5.74) is 12.0. The van der Waals surface area contributed by atoms with Crippen molar-refractivity contribution in [2.75, 3.05) is 40.9 Å². The van der Waals surface area contributed by atoms with E-state index in [1.807, 2.05) is 14.0 Å². The molecule has 3 aliphatic heterocycles. The van der Waals surface area contributed by atoms with E-state index in [-0.39, 0.29) is 12.2 Å². The van der Waals surface area contributed by atoms with Crippen LogP contribution in [0.5, 0.6) is 0 Å². The summed E-state index contributed by atoms with van der Waals surface area (Å²) in [6.45, 7) is 7.97. The van der Waals surface area contributed by atoms with E-state index in [2.05, 4.69) is 19.2 Å². The summed E-state index contributed by atoms with van der Waals surface area (Å²) in [4.78, 5) is 0. The van der Waals surface area contributed by atoms with Crippen molar-refractivity contribution in [3.05, 3.63) is 0 Å². The summed E-state index contributed by atoms with van der Waals surface area (Å²) in [6, 6.07) is 2.27. The summed E-state index contributed by atoms with van der Waals surface area (Å²) in [6.07, 6.45) is 1.96. The van der Waals surface area contributed by atoms with Crippen molar-refractivity contribution in [2.24, 2.45) is 11.5 Å². The van der Waals surface area contributed by atoms with Gasteiger partial charge >= 0.3 is 35.2 Å². The van der Waals surface area contributed by atoms with Crippen LogP contribution in [0.1, 0.15) is 52.9 Å². The van der Waals surface area contributed by atoms with Crippen LogP contribution in [-0.2, 0) is 38.9 Å². The topological polar surface area (TPSA) is 147 Å². The predicted molar refractivity (Wildman–Crippen MR) is 151 cm³/mol. The van der Waals surface area contributed by atoms with Crippen LogP contribution in [0.2, 0.25) is 24.2 Å². The van der Waals surface area contributed by atoms with Crippen LogP contribution in [0.3, 0.4) is 0 Å². The van der Waals surface area contributed by atoms with E-state index in [9.17, 15) is 0 Å². The van der Waals surface area contributed by atoms with E-state index in [0.29, 0.717) is 62.9 Å². The lowest BCUT2D eigenvalue weighted by atomic mass is 10.00. The molecule has 4 bridgehead atoms. The zero-order valence-corrected chi connectivity index (χ0v) is 28.1. The van der Waals surface area contributed by atoms with Gasteiger partial charge in [0, 0.05) is 38.4 Å². The standard InChI is InChI=1S/C22H51N3O9Si4/c1-7-19-21-22-20(8-2)29-36(27-6,18-12-15-25-4)33-38(31-22,17-11-14-24)34-37(30-21,16-10-13-23)32-35(9-3,26-5)28-19/h19-22,25H,7-18,23-24H2,1-6H3. The van der Waals surface area contributed by atoms with Crippen LogP contribution in [0.15, 0.2) is 0 Å². The molecule has 3 fully saturated rings. The third kappa shape index (κ3) is 7.23. The molecule has 8 unspecified atom stereocenters. The molecule has 3 rings (SSSR count). The molecule has 0 aromatic heterocycles. The maximum Gasteiger partial charge on any atom is 0.493 e. The molecule has 8 atom stereocenters. The minimum Gasteiger partial charge on any atom is -0.377 e. The first-order chi connectivity index (χ1) is 18.3. The zero-order valence-electron chi connectivity index (χ0n) is 24.1. The third-order valence-corrected chi connectivity index (χ3v) is 22.5. The van der Waals surface area contributed by atoms with Gasteiger partial charge in [-0.15, -0.1) is 0 Å². The second-order valence-electron chi connectivity index (χ2n) is 10.1. The van der Waals surface area contributed by atoms with Gasteiger partial charge in [-0.2, -0.15) is 0 Å². The Bertz CT molecular complexity index is 734. The van der Waals surface area contributed by atoms with Gasteiger partial charge in [-0.3, -0.25) is 0 Å². The van der Waals surface area contributed by atoms with Crippen molar-refractivity contribution in [1.82, 2.24) is 5.32 Å². The second kappa shape index (κ2) is 14.5. The van der Waals surface area contributed by atoms with Crippen molar-refractivity contribution >= 4 is 35.2 Å². The Kier molecular flexibility index (Phi) is 12.6. The average Bonchev–Trinajstić information content (AvgIpc) is 3.23. The lowest BCUT2D eigenvalue weighted by Gasteiger charge is -2.41. The van der Waals surface area contributed by atoms with Gasteiger partial charge < -0.3 is 55.7 Å². The highest BCUT2D eigenvalue weighted by Crippen LogP contribution is 2.46. The third-order valence-electron chi connectivity index (χ3n) is 7.43. The van der Waals surface area contributed by atoms with Gasteiger partial charge in [0.05, 0.1) is 12.2 Å². The van der Waals surface area contributed by atoms with Crippen molar-refractivity contribution in [1.29, 1.82) is 0 Å². The molecular formula is C22H51N3O9Si4. The Morgan fingerprint density at radius 3 is 1.61 bits per heavy atom. The van der Waals surface area contributed by atoms with Gasteiger partial charge in [0.15, 0.2) is 0 Å². The van der Waals surface area contributed by atoms with E-state index in [4.69, 9.17) is 50.4 Å². The molecule has 16 heteroatoms. The number of hydrogen-bond donors (Lipinski definition) is 3. The average molecular weight is 614 g/mol. The molecule has 12 nitrogen and oxygen atoms in total. The van der Waals surface area contributed by atoms with Gasteiger partial charge in [-0.25, -0.2) is 0 Å². The van der Waals surface area contributed by atoms with Crippen LogP contribution in [0.25, 0.3) is 0 Å². The molecule has 0 radical (unpaired) electrons. The molecule has 0 aromatic carbocycles. The highest BCUT2D eigenvalue weighted by molar-refractivity contribution is 6.84. The molecular weight excluding hydrogens is 563 g/mol. The smallest absolute Gasteiger partial charge is 0.377 e. The summed E-state index contributed by atoms with van der Waals surface area (Å²) in [5, 5.41) is 3.21. The minimum atomic E-state index is -3.50. The first-order valence-corrected chi connectivity index (χ1v) is 22.0. The summed E-state index contributed by atoms with van der Waals surface area (Å²) in [7, 11) is -8.07. The van der Waals surface area contributed by atoms with Crippen molar-refractivity contribution in [3.63, 3.8) is 0 Å². The van der Waals surface area contributed by atoms with Crippen LogP contribution in [0, 0.1) is 0 Å². The monoisotopic (exact) mass is 613 g/mol. The predicted octanol–water partition coefficient (Wildman–Crippen LogP) is 1.81. The van der Waals surface area contributed by atoms with Crippen LogP contribution < -0.4 is 16.8 Å². The Hall–Kier alpha value is 0.388. The van der Waals surface area contributed by atoms with Crippen molar-refractivity contribution < 1.29 is 38.9 Å². The van der Waals surface area contributed by atoms with E-state index < -0.39 is 47.4 Å². The molecule has 0 saturated carbocycles. The molecule has 3 saturated heterocycles. The van der Waals surface area contributed by atoms with Gasteiger partial charge in [0.1, 0.15) is 12.2 Å². The fraction of sp³-hybridized carbons (Fsp3) is 1.00. The van der Waals surface area contributed by atoms with Crippen LogP contribution >= 0.6 is 0 Å². The largest absolute Gasteiger partial charge is 0.493 e. The van der Waals surface area contributed by atoms with Crippen LogP contribution in [0.4, 0.5) is 0 Å². The van der Waals surface area contributed by atoms with Gasteiger partial charge in [0.25, 0.3) is 0 Å². The Balaban J connectivity index is 2.20. The molecule has 0 spiro atoms. The minimum absolute atomic E-state index is 0.319. The number of nitrogens with one attached hydrogen (secondary N) is 1. The number of nitrogens with two attached hydrogens (primary N) is 2. The fourth-order valence-electron chi connectivity index (χ4n) is 5.38. The van der Waals surface area contributed by atoms with E-state index in [1.165, 1.54) is 0 Å². The molecule has 224 valence electrons. The Morgan fingerprint density at radius 2 is 1.18 bits per heavy atom. The number of fused-ring (bicyclic) bond motifs is 5. The summed E-state index contributed by atoms with van der Waals surface area (Å²) in [5.74, 6) is 0. The first-order valence-electron chi connectivity index (χ1n) is 14.2. The van der Waals surface area contributed by atoms with Crippen LogP contribution in [-0.4, -0.2) is 101 Å². The van der Waals surface area contributed by atoms with Crippen molar-refractivity contribution in [3.8, 4) is 0 Å². The fourth-order valence-corrected chi connectivity index (χ4v) is 22.6. The van der Waals surface area contributed by atoms with E-state index >= 15 is 0 Å². The highest BCUT2D eigenvalue weighted by atomic mass is 28.5. The van der Waals surface area contributed by atoms with Crippen molar-refractivity contribution in [2.45, 2.75) is 101 Å². The lowest BCUT2D eigenvalue weighted by molar-refractivity contribution is -0.0774. The molecule has 0 amide bonds.